The van der Waals surface area contributed by atoms with Gasteiger partial charge in [0.05, 0.1) is 11.7 Å². The fourth-order valence-electron chi connectivity index (χ4n) is 4.47. The van der Waals surface area contributed by atoms with Gasteiger partial charge in [-0.25, -0.2) is 9.18 Å². The lowest BCUT2D eigenvalue weighted by atomic mass is 9.87. The minimum atomic E-state index is -0.992. The number of nitrogens with one attached hydrogen (secondary N) is 1. The third kappa shape index (κ3) is 5.39. The van der Waals surface area contributed by atoms with E-state index in [-0.39, 0.29) is 5.75 Å². The number of carboxylic acids is 1. The molecule has 0 aliphatic heterocycles. The van der Waals surface area contributed by atoms with Gasteiger partial charge in [-0.2, -0.15) is 5.10 Å². The molecule has 0 spiro atoms. The number of aromatic nitrogens is 2. The first kappa shape index (κ1) is 24.7. The lowest BCUT2D eigenvalue weighted by molar-refractivity contribution is -0.131. The van der Waals surface area contributed by atoms with Gasteiger partial charge in [0.15, 0.2) is 11.6 Å². The van der Waals surface area contributed by atoms with Crippen LogP contribution >= 0.6 is 0 Å². The summed E-state index contributed by atoms with van der Waals surface area (Å²) in [7, 11) is 0. The molecule has 0 unspecified atom stereocenters. The monoisotopic (exact) mass is 504 g/mol. The van der Waals surface area contributed by atoms with E-state index in [0.717, 1.165) is 56.8 Å². The molecule has 4 aromatic carbocycles. The van der Waals surface area contributed by atoms with Crippen LogP contribution in [0, 0.1) is 5.82 Å². The molecule has 5 rings (SSSR count). The third-order valence-corrected chi connectivity index (χ3v) is 6.25. The number of benzene rings is 4. The largest absolute Gasteiger partial charge is 0.478 e. The number of allylic oxidation sites excluding steroid dienone is 1. The molecule has 38 heavy (non-hydrogen) atoms. The van der Waals surface area contributed by atoms with Crippen molar-refractivity contribution in [3.8, 4) is 11.5 Å². The van der Waals surface area contributed by atoms with Gasteiger partial charge in [0, 0.05) is 11.5 Å². The van der Waals surface area contributed by atoms with E-state index in [9.17, 15) is 9.18 Å². The maximum atomic E-state index is 14.2. The number of carboxylic acid groups (broad SMARTS) is 1. The average Bonchev–Trinajstić information content (AvgIpc) is 3.40. The molecule has 0 radical (unpaired) electrons. The first-order valence-corrected chi connectivity index (χ1v) is 12.2. The fourth-order valence-corrected chi connectivity index (χ4v) is 4.47. The van der Waals surface area contributed by atoms with Gasteiger partial charge in [0.2, 0.25) is 0 Å². The molecule has 0 bridgehead atoms. The van der Waals surface area contributed by atoms with Gasteiger partial charge in [0.25, 0.3) is 0 Å². The molecule has 0 amide bonds. The van der Waals surface area contributed by atoms with E-state index in [0.29, 0.717) is 5.75 Å². The van der Waals surface area contributed by atoms with Crippen molar-refractivity contribution in [2.45, 2.75) is 13.3 Å². The van der Waals surface area contributed by atoms with Gasteiger partial charge >= 0.3 is 5.97 Å². The number of H-pyrrole nitrogens is 1. The summed E-state index contributed by atoms with van der Waals surface area (Å²) in [4.78, 5) is 10.9. The number of para-hydroxylation sites is 1. The highest BCUT2D eigenvalue weighted by molar-refractivity contribution is 6.00. The Morgan fingerprint density at radius 1 is 0.947 bits per heavy atom. The number of nitrogens with zero attached hydrogens (tertiary/aromatic N) is 1. The van der Waals surface area contributed by atoms with Gasteiger partial charge in [-0.3, -0.25) is 5.10 Å². The summed E-state index contributed by atoms with van der Waals surface area (Å²) in [5.74, 6) is -0.705. The molecule has 5 nitrogen and oxygen atoms in total. The topological polar surface area (TPSA) is 75.2 Å². The van der Waals surface area contributed by atoms with Crippen molar-refractivity contribution in [1.82, 2.24) is 10.2 Å². The lowest BCUT2D eigenvalue weighted by Crippen LogP contribution is -1.96. The lowest BCUT2D eigenvalue weighted by Gasteiger charge is -2.17. The van der Waals surface area contributed by atoms with Gasteiger partial charge in [-0.15, -0.1) is 0 Å². The van der Waals surface area contributed by atoms with Crippen molar-refractivity contribution in [3.05, 3.63) is 131 Å². The number of carbonyl (C=O) groups is 1. The third-order valence-electron chi connectivity index (χ3n) is 6.25. The van der Waals surface area contributed by atoms with E-state index in [2.05, 4.69) is 29.3 Å². The van der Waals surface area contributed by atoms with Crippen LogP contribution < -0.4 is 4.74 Å². The average molecular weight is 505 g/mol. The van der Waals surface area contributed by atoms with Crippen molar-refractivity contribution in [3.63, 3.8) is 0 Å². The Labute approximate surface area is 219 Å². The van der Waals surface area contributed by atoms with Gasteiger partial charge < -0.3 is 9.84 Å². The maximum absolute atomic E-state index is 14.2. The summed E-state index contributed by atoms with van der Waals surface area (Å²) in [5, 5.41) is 17.1. The first-order chi connectivity index (χ1) is 18.5. The van der Waals surface area contributed by atoms with E-state index >= 15 is 0 Å². The number of halogens is 1. The molecule has 0 aliphatic carbocycles. The second-order valence-corrected chi connectivity index (χ2v) is 8.73. The number of hydrogen-bond donors (Lipinski definition) is 2. The van der Waals surface area contributed by atoms with Crippen molar-refractivity contribution in [2.75, 3.05) is 0 Å². The van der Waals surface area contributed by atoms with Crippen LogP contribution in [0.4, 0.5) is 4.39 Å². The van der Waals surface area contributed by atoms with Crippen LogP contribution in [0.5, 0.6) is 11.5 Å². The summed E-state index contributed by atoms with van der Waals surface area (Å²) in [6.07, 6.45) is 5.21. The van der Waals surface area contributed by atoms with Crippen LogP contribution in [-0.2, 0) is 4.79 Å². The van der Waals surface area contributed by atoms with Crippen molar-refractivity contribution >= 4 is 34.1 Å². The van der Waals surface area contributed by atoms with Crippen LogP contribution in [0.15, 0.2) is 103 Å². The normalized spacial score (nSPS) is 12.1. The molecule has 0 fully saturated rings. The molecule has 188 valence electrons. The maximum Gasteiger partial charge on any atom is 0.328 e. The van der Waals surface area contributed by atoms with E-state index in [4.69, 9.17) is 9.84 Å². The number of aliphatic carboxylic acids is 1. The number of fused-ring (bicyclic) bond motifs is 1. The minimum Gasteiger partial charge on any atom is -0.478 e. The minimum absolute atomic E-state index is 0.169. The SMILES string of the molecule is CCC(=C(c1ccc(C=CC(=O)O)cc1)c1ccc2[nH]ncc2c1)c1cccc(Oc2ccccc2F)c1. The van der Waals surface area contributed by atoms with E-state index < -0.39 is 11.8 Å². The Morgan fingerprint density at radius 2 is 1.74 bits per heavy atom. The molecule has 0 atom stereocenters. The standard InChI is InChI=1S/C32H25FN2O3/c1-2-27(23-6-5-7-26(19-23)38-30-9-4-3-8-28(30)33)32(24-15-16-29-25(18-24)20-34-35-29)22-13-10-21(11-14-22)12-17-31(36)37/h3-20H,2H2,1H3,(H,34,35)(H,36,37). The van der Waals surface area contributed by atoms with E-state index in [1.165, 1.54) is 6.07 Å². The summed E-state index contributed by atoms with van der Waals surface area (Å²) in [6.45, 7) is 2.10. The fraction of sp³-hybridized carbons (Fsp3) is 0.0625. The zero-order valence-corrected chi connectivity index (χ0v) is 20.7. The molecular formula is C32H25FN2O3. The predicted molar refractivity (Wildman–Crippen MR) is 148 cm³/mol. The van der Waals surface area contributed by atoms with E-state index in [1.807, 2.05) is 54.6 Å². The summed E-state index contributed by atoms with van der Waals surface area (Å²) >= 11 is 0. The molecule has 0 saturated carbocycles. The van der Waals surface area contributed by atoms with E-state index in [1.54, 1.807) is 30.5 Å². The zero-order chi connectivity index (χ0) is 26.5. The highest BCUT2D eigenvalue weighted by Crippen LogP contribution is 2.37. The second kappa shape index (κ2) is 11.0. The van der Waals surface area contributed by atoms with Crippen LogP contribution in [0.1, 0.15) is 35.6 Å². The number of aromatic amines is 1. The van der Waals surface area contributed by atoms with Crippen LogP contribution in [0.3, 0.4) is 0 Å². The van der Waals surface area contributed by atoms with Crippen molar-refractivity contribution in [1.29, 1.82) is 0 Å². The summed E-state index contributed by atoms with van der Waals surface area (Å²) in [6, 6.07) is 27.9. The number of hydrogen-bond acceptors (Lipinski definition) is 3. The van der Waals surface area contributed by atoms with Gasteiger partial charge in [-0.05, 0) is 82.3 Å². The second-order valence-electron chi connectivity index (χ2n) is 8.73. The van der Waals surface area contributed by atoms with Gasteiger partial charge in [-0.1, -0.05) is 61.5 Å². The molecule has 1 aromatic heterocycles. The molecule has 0 saturated heterocycles. The Bertz CT molecular complexity index is 1670. The van der Waals surface area contributed by atoms with Crippen molar-refractivity contribution < 1.29 is 19.0 Å². The van der Waals surface area contributed by atoms with Crippen molar-refractivity contribution in [2.24, 2.45) is 0 Å². The quantitative estimate of drug-likeness (QED) is 0.166. The number of ether oxygens (including phenoxy) is 1. The number of rotatable bonds is 8. The first-order valence-electron chi connectivity index (χ1n) is 12.2. The Balaban J connectivity index is 1.64. The highest BCUT2D eigenvalue weighted by Gasteiger charge is 2.15. The van der Waals surface area contributed by atoms with Crippen LogP contribution in [0.2, 0.25) is 0 Å². The molecule has 2 N–H and O–H groups in total. The Kier molecular flexibility index (Phi) is 7.13. The van der Waals surface area contributed by atoms with Gasteiger partial charge in [0.1, 0.15) is 5.75 Å². The molecular weight excluding hydrogens is 479 g/mol. The highest BCUT2D eigenvalue weighted by atomic mass is 19.1. The van der Waals surface area contributed by atoms with Crippen LogP contribution in [0.25, 0.3) is 28.1 Å². The molecule has 1 heterocycles. The Morgan fingerprint density at radius 3 is 2.50 bits per heavy atom. The van der Waals surface area contributed by atoms with Crippen LogP contribution in [-0.4, -0.2) is 21.3 Å². The zero-order valence-electron chi connectivity index (χ0n) is 20.7. The molecule has 5 aromatic rings. The summed E-state index contributed by atoms with van der Waals surface area (Å²) in [5.41, 5.74) is 6.81. The Hall–Kier alpha value is -4.97. The molecule has 0 aliphatic rings. The molecule has 6 heteroatoms. The predicted octanol–water partition coefficient (Wildman–Crippen LogP) is 7.96. The smallest absolute Gasteiger partial charge is 0.328 e. The summed E-state index contributed by atoms with van der Waals surface area (Å²) < 4.78 is 20.1.